The van der Waals surface area contributed by atoms with E-state index < -0.39 is 12.7 Å². The Bertz CT molecular complexity index is 430. The summed E-state index contributed by atoms with van der Waals surface area (Å²) in [4.78, 5) is 5.61. The normalized spacial score (nSPS) is 12.2. The first-order chi connectivity index (χ1) is 9.69. The molecular formula is C15H24F3N3. The van der Waals surface area contributed by atoms with E-state index in [2.05, 4.69) is 24.1 Å². The number of nitrogens with zero attached hydrogens (tertiary/aromatic N) is 2. The average molecular weight is 303 g/mol. The molecule has 0 radical (unpaired) electrons. The topological polar surface area (TPSA) is 28.2 Å². The fourth-order valence-electron chi connectivity index (χ4n) is 1.94. The number of halogens is 3. The van der Waals surface area contributed by atoms with Crippen LogP contribution in [0.15, 0.2) is 18.2 Å². The quantitative estimate of drug-likeness (QED) is 0.834. The summed E-state index contributed by atoms with van der Waals surface area (Å²) in [6, 6.07) is 4.93. The van der Waals surface area contributed by atoms with Crippen molar-refractivity contribution in [3.63, 3.8) is 0 Å². The van der Waals surface area contributed by atoms with E-state index in [1.165, 1.54) is 4.90 Å². The zero-order valence-corrected chi connectivity index (χ0v) is 13.0. The summed E-state index contributed by atoms with van der Waals surface area (Å²) < 4.78 is 38.0. The number of aromatic nitrogens is 1. The minimum Gasteiger partial charge on any atom is -0.345 e. The molecular weight excluding hydrogens is 279 g/mol. The smallest absolute Gasteiger partial charge is 0.345 e. The first-order valence-corrected chi connectivity index (χ1v) is 7.19. The molecule has 0 fully saturated rings. The van der Waals surface area contributed by atoms with Gasteiger partial charge in [-0.3, -0.25) is 0 Å². The first-order valence-electron chi connectivity index (χ1n) is 7.19. The van der Waals surface area contributed by atoms with Crippen molar-refractivity contribution in [3.8, 4) is 0 Å². The number of pyridine rings is 1. The Morgan fingerprint density at radius 1 is 1.19 bits per heavy atom. The van der Waals surface area contributed by atoms with E-state index >= 15 is 0 Å². The lowest BCUT2D eigenvalue weighted by atomic mass is 10.2. The van der Waals surface area contributed by atoms with Crippen LogP contribution in [-0.2, 0) is 6.54 Å². The maximum absolute atomic E-state index is 12.7. The highest BCUT2D eigenvalue weighted by molar-refractivity contribution is 5.40. The molecule has 0 saturated carbocycles. The number of hydrogen-bond acceptors (Lipinski definition) is 3. The van der Waals surface area contributed by atoms with E-state index in [-0.39, 0.29) is 6.04 Å². The second kappa shape index (κ2) is 7.64. The molecule has 0 amide bonds. The molecule has 0 unspecified atom stereocenters. The van der Waals surface area contributed by atoms with Crippen molar-refractivity contribution >= 4 is 5.82 Å². The Morgan fingerprint density at radius 3 is 2.38 bits per heavy atom. The fourth-order valence-corrected chi connectivity index (χ4v) is 1.94. The second-order valence-corrected chi connectivity index (χ2v) is 5.85. The van der Waals surface area contributed by atoms with E-state index in [1.807, 2.05) is 6.07 Å². The molecule has 1 rings (SSSR count). The molecule has 0 aliphatic carbocycles. The average Bonchev–Trinajstić information content (AvgIpc) is 2.34. The number of anilines is 1. The van der Waals surface area contributed by atoms with Gasteiger partial charge in [-0.25, -0.2) is 4.98 Å². The fraction of sp³-hybridized carbons (Fsp3) is 0.667. The molecule has 0 aliphatic heterocycles. The Balaban J connectivity index is 2.80. The first kappa shape index (κ1) is 17.8. The van der Waals surface area contributed by atoms with Crippen LogP contribution in [0.25, 0.3) is 0 Å². The van der Waals surface area contributed by atoms with Gasteiger partial charge in [-0.2, -0.15) is 13.2 Å². The molecule has 1 aromatic heterocycles. The van der Waals surface area contributed by atoms with Crippen molar-refractivity contribution in [1.29, 1.82) is 0 Å². The summed E-state index contributed by atoms with van der Waals surface area (Å²) in [7, 11) is 0. The van der Waals surface area contributed by atoms with Crippen LogP contribution in [0.5, 0.6) is 0 Å². The molecule has 21 heavy (non-hydrogen) atoms. The van der Waals surface area contributed by atoms with Crippen LogP contribution in [0.2, 0.25) is 0 Å². The lowest BCUT2D eigenvalue weighted by molar-refractivity contribution is -0.120. The van der Waals surface area contributed by atoms with Crippen LogP contribution in [-0.4, -0.2) is 30.3 Å². The summed E-state index contributed by atoms with van der Waals surface area (Å²) in [5.74, 6) is 0.886. The minimum absolute atomic E-state index is 0.266. The molecule has 0 aromatic carbocycles. The molecule has 3 nitrogen and oxygen atoms in total. The molecule has 0 aliphatic rings. The minimum atomic E-state index is -4.24. The van der Waals surface area contributed by atoms with E-state index in [0.717, 1.165) is 12.2 Å². The van der Waals surface area contributed by atoms with Crippen LogP contribution < -0.4 is 10.2 Å². The van der Waals surface area contributed by atoms with Gasteiger partial charge in [0.1, 0.15) is 12.4 Å². The Labute approximate surface area is 124 Å². The molecule has 1 aromatic rings. The van der Waals surface area contributed by atoms with E-state index in [9.17, 15) is 13.2 Å². The molecule has 1 N–H and O–H groups in total. The summed E-state index contributed by atoms with van der Waals surface area (Å²) >= 11 is 0. The highest BCUT2D eigenvalue weighted by Crippen LogP contribution is 2.22. The van der Waals surface area contributed by atoms with Crippen molar-refractivity contribution < 1.29 is 13.2 Å². The molecule has 120 valence electrons. The number of rotatable bonds is 7. The van der Waals surface area contributed by atoms with E-state index in [4.69, 9.17) is 0 Å². The zero-order valence-electron chi connectivity index (χ0n) is 13.0. The van der Waals surface area contributed by atoms with Crippen molar-refractivity contribution in [3.05, 3.63) is 23.9 Å². The van der Waals surface area contributed by atoms with E-state index in [0.29, 0.717) is 18.3 Å². The summed E-state index contributed by atoms with van der Waals surface area (Å²) in [6.45, 7) is 8.09. The number of hydrogen-bond donors (Lipinski definition) is 1. The molecule has 0 spiro atoms. The molecule has 6 heteroatoms. The van der Waals surface area contributed by atoms with Gasteiger partial charge in [0.15, 0.2) is 0 Å². The van der Waals surface area contributed by atoms with Crippen LogP contribution >= 0.6 is 0 Å². The SMILES string of the molecule is CC(C)CNCc1cccc(N(CC(F)(F)F)C(C)C)n1. The predicted molar refractivity (Wildman–Crippen MR) is 79.3 cm³/mol. The maximum Gasteiger partial charge on any atom is 0.405 e. The highest BCUT2D eigenvalue weighted by Gasteiger charge is 2.32. The van der Waals surface area contributed by atoms with Crippen LogP contribution in [0.1, 0.15) is 33.4 Å². The third-order valence-corrected chi connectivity index (χ3v) is 2.92. The number of nitrogens with one attached hydrogen (secondary N) is 1. The van der Waals surface area contributed by atoms with Gasteiger partial charge < -0.3 is 10.2 Å². The van der Waals surface area contributed by atoms with Crippen LogP contribution in [0, 0.1) is 5.92 Å². The van der Waals surface area contributed by atoms with Crippen molar-refractivity contribution in [2.24, 2.45) is 5.92 Å². The van der Waals surface area contributed by atoms with Gasteiger partial charge in [0.2, 0.25) is 0 Å². The van der Waals surface area contributed by atoms with Gasteiger partial charge in [-0.1, -0.05) is 19.9 Å². The van der Waals surface area contributed by atoms with E-state index in [1.54, 1.807) is 26.0 Å². The highest BCUT2D eigenvalue weighted by atomic mass is 19.4. The van der Waals surface area contributed by atoms with Gasteiger partial charge in [0, 0.05) is 12.6 Å². The van der Waals surface area contributed by atoms with Gasteiger partial charge >= 0.3 is 6.18 Å². The van der Waals surface area contributed by atoms with Crippen LogP contribution in [0.4, 0.5) is 19.0 Å². The molecule has 1 heterocycles. The summed E-state index contributed by atoms with van der Waals surface area (Å²) in [5, 5.41) is 3.24. The Hall–Kier alpha value is -1.30. The standard InChI is InChI=1S/C15H24F3N3/c1-11(2)8-19-9-13-6-5-7-14(20-13)21(12(3)4)10-15(16,17)18/h5-7,11-12,19H,8-10H2,1-4H3. The largest absolute Gasteiger partial charge is 0.405 e. The maximum atomic E-state index is 12.7. The third kappa shape index (κ3) is 6.80. The molecule has 0 saturated heterocycles. The summed E-state index contributed by atoms with van der Waals surface area (Å²) in [5.41, 5.74) is 0.751. The predicted octanol–water partition coefficient (Wildman–Crippen LogP) is 3.60. The lowest BCUT2D eigenvalue weighted by Gasteiger charge is -2.29. The summed E-state index contributed by atoms with van der Waals surface area (Å²) in [6.07, 6.45) is -4.24. The third-order valence-electron chi connectivity index (χ3n) is 2.92. The second-order valence-electron chi connectivity index (χ2n) is 5.85. The van der Waals surface area contributed by atoms with Crippen LogP contribution in [0.3, 0.4) is 0 Å². The Kier molecular flexibility index (Phi) is 6.45. The van der Waals surface area contributed by atoms with Crippen molar-refractivity contribution in [2.75, 3.05) is 18.0 Å². The van der Waals surface area contributed by atoms with Gasteiger partial charge in [-0.15, -0.1) is 0 Å². The van der Waals surface area contributed by atoms with Gasteiger partial charge in [0.05, 0.1) is 5.69 Å². The van der Waals surface area contributed by atoms with Crippen molar-refractivity contribution in [2.45, 2.75) is 46.5 Å². The monoisotopic (exact) mass is 303 g/mol. The molecule has 0 bridgehead atoms. The Morgan fingerprint density at radius 2 is 1.86 bits per heavy atom. The number of alkyl halides is 3. The van der Waals surface area contributed by atoms with Crippen molar-refractivity contribution in [1.82, 2.24) is 10.3 Å². The van der Waals surface area contributed by atoms with Gasteiger partial charge in [-0.05, 0) is 38.4 Å². The zero-order chi connectivity index (χ0) is 16.0. The molecule has 0 atom stereocenters. The lowest BCUT2D eigenvalue weighted by Crippen LogP contribution is -2.39. The van der Waals surface area contributed by atoms with Gasteiger partial charge in [0.25, 0.3) is 0 Å².